The van der Waals surface area contributed by atoms with E-state index in [4.69, 9.17) is 0 Å². The first kappa shape index (κ1) is 4.21. The Labute approximate surface area is 48.1 Å². The number of nitrogens with zero attached hydrogens (tertiary/aromatic N) is 1. The second kappa shape index (κ2) is 1.39. The van der Waals surface area contributed by atoms with E-state index in [1.807, 2.05) is 11.8 Å². The lowest BCUT2D eigenvalue weighted by Crippen LogP contribution is -2.35. The van der Waals surface area contributed by atoms with Crippen LogP contribution in [-0.4, -0.2) is 23.7 Å². The van der Waals surface area contributed by atoms with Gasteiger partial charge in [-0.15, -0.1) is 11.8 Å². The molecule has 2 fully saturated rings. The fourth-order valence-electron chi connectivity index (χ4n) is 0.780. The summed E-state index contributed by atoms with van der Waals surface area (Å²) in [6.07, 6.45) is 1.42. The van der Waals surface area contributed by atoms with E-state index in [-0.39, 0.29) is 0 Å². The van der Waals surface area contributed by atoms with Crippen LogP contribution in [-0.2, 0) is 0 Å². The van der Waals surface area contributed by atoms with Gasteiger partial charge in [-0.2, -0.15) is 0 Å². The molecule has 2 aliphatic heterocycles. The highest BCUT2D eigenvalue weighted by molar-refractivity contribution is 8.09. The predicted molar refractivity (Wildman–Crippen MR) is 31.9 cm³/mol. The van der Waals surface area contributed by atoms with E-state index >= 15 is 0 Å². The third-order valence-corrected chi connectivity index (χ3v) is 2.29. The Morgan fingerprint density at radius 3 is 2.29 bits per heavy atom. The second-order valence-electron chi connectivity index (χ2n) is 2.02. The van der Waals surface area contributed by atoms with E-state index in [0.29, 0.717) is 0 Å². The molecule has 0 aromatic rings. The van der Waals surface area contributed by atoms with Crippen LogP contribution >= 0.6 is 11.8 Å². The minimum Gasteiger partial charge on any atom is -0.286 e. The Kier molecular flexibility index (Phi) is 0.837. The van der Waals surface area contributed by atoms with Crippen LogP contribution in [0.5, 0.6) is 0 Å². The number of hydrogen-bond donors (Lipinski definition) is 0. The Morgan fingerprint density at radius 1 is 1.43 bits per heavy atom. The van der Waals surface area contributed by atoms with Crippen molar-refractivity contribution in [3.63, 3.8) is 0 Å². The van der Waals surface area contributed by atoms with E-state index in [9.17, 15) is 0 Å². The summed E-state index contributed by atoms with van der Waals surface area (Å²) in [5, 5.41) is 1.63. The van der Waals surface area contributed by atoms with Crippen molar-refractivity contribution in [2.24, 2.45) is 0 Å². The summed E-state index contributed by atoms with van der Waals surface area (Å²) in [6, 6.07) is 0. The SMILES string of the molecule is C1CN([C]2CS2)C1. The van der Waals surface area contributed by atoms with Crippen molar-refractivity contribution in [1.82, 2.24) is 4.90 Å². The molecule has 0 amide bonds. The lowest BCUT2D eigenvalue weighted by molar-refractivity contribution is 0.232. The molecule has 0 saturated carbocycles. The number of thioether (sulfide) groups is 1. The van der Waals surface area contributed by atoms with Gasteiger partial charge in [0.1, 0.15) is 5.37 Å². The standard InChI is InChI=1S/C5H8NS/c1-2-6(3-1)5-4-7-5/h1-4H2. The third-order valence-electron chi connectivity index (χ3n) is 1.48. The first-order chi connectivity index (χ1) is 3.47. The Bertz CT molecular complexity index is 76.1. The van der Waals surface area contributed by atoms with Crippen molar-refractivity contribution in [3.8, 4) is 0 Å². The van der Waals surface area contributed by atoms with Crippen molar-refractivity contribution in [1.29, 1.82) is 0 Å². The molecule has 0 aromatic heterocycles. The zero-order chi connectivity index (χ0) is 4.69. The minimum absolute atomic E-state index is 1.32. The van der Waals surface area contributed by atoms with E-state index in [1.54, 1.807) is 5.37 Å². The quantitative estimate of drug-likeness (QED) is 0.466. The molecule has 0 spiro atoms. The molecule has 39 valence electrons. The number of rotatable bonds is 1. The molecule has 1 nitrogen and oxygen atoms in total. The van der Waals surface area contributed by atoms with Gasteiger partial charge in [-0.25, -0.2) is 0 Å². The van der Waals surface area contributed by atoms with E-state index in [1.165, 1.54) is 25.3 Å². The molecule has 0 N–H and O–H groups in total. The maximum atomic E-state index is 2.46. The summed E-state index contributed by atoms with van der Waals surface area (Å²) in [5.74, 6) is 1.32. The molecule has 2 saturated heterocycles. The van der Waals surface area contributed by atoms with Crippen LogP contribution in [0.4, 0.5) is 0 Å². The van der Waals surface area contributed by atoms with Crippen molar-refractivity contribution in [2.45, 2.75) is 6.42 Å². The smallest absolute Gasteiger partial charge is 0.105 e. The molecule has 0 atom stereocenters. The van der Waals surface area contributed by atoms with Crippen molar-refractivity contribution in [3.05, 3.63) is 5.37 Å². The zero-order valence-electron chi connectivity index (χ0n) is 4.18. The summed E-state index contributed by atoms with van der Waals surface area (Å²) in [7, 11) is 0. The van der Waals surface area contributed by atoms with Crippen LogP contribution in [0.25, 0.3) is 0 Å². The Hall–Kier alpha value is 0.310. The summed E-state index contributed by atoms with van der Waals surface area (Å²) in [4.78, 5) is 2.46. The average Bonchev–Trinajstić information content (AvgIpc) is 2.10. The molecule has 2 heteroatoms. The van der Waals surface area contributed by atoms with Crippen LogP contribution < -0.4 is 0 Å². The van der Waals surface area contributed by atoms with Gasteiger partial charge >= 0.3 is 0 Å². The third kappa shape index (κ3) is 0.662. The molecule has 2 heterocycles. The molecule has 0 aromatic carbocycles. The Balaban J connectivity index is 1.83. The summed E-state index contributed by atoms with van der Waals surface area (Å²) in [6.45, 7) is 2.67. The highest BCUT2D eigenvalue weighted by Gasteiger charge is 2.34. The van der Waals surface area contributed by atoms with E-state index < -0.39 is 0 Å². The molecule has 0 unspecified atom stereocenters. The number of likely N-dealkylation sites (tertiary alicyclic amines) is 1. The van der Waals surface area contributed by atoms with Gasteiger partial charge in [-0.1, -0.05) is 0 Å². The summed E-state index contributed by atoms with van der Waals surface area (Å²) >= 11 is 1.99. The molecular formula is C5H8NS. The van der Waals surface area contributed by atoms with Gasteiger partial charge in [0.2, 0.25) is 0 Å². The molecule has 7 heavy (non-hydrogen) atoms. The number of hydrogen-bond acceptors (Lipinski definition) is 2. The fraction of sp³-hybridized carbons (Fsp3) is 0.800. The van der Waals surface area contributed by atoms with E-state index in [2.05, 4.69) is 4.90 Å². The molecule has 1 radical (unpaired) electrons. The van der Waals surface area contributed by atoms with Gasteiger partial charge < -0.3 is 0 Å². The van der Waals surface area contributed by atoms with Crippen LogP contribution in [0, 0.1) is 5.37 Å². The fourth-order valence-corrected chi connectivity index (χ4v) is 1.39. The minimum atomic E-state index is 1.32. The molecule has 0 bridgehead atoms. The summed E-state index contributed by atoms with van der Waals surface area (Å²) in [5.41, 5.74) is 0. The van der Waals surface area contributed by atoms with E-state index in [0.717, 1.165) is 0 Å². The van der Waals surface area contributed by atoms with Gasteiger partial charge in [0, 0.05) is 18.8 Å². The van der Waals surface area contributed by atoms with Crippen molar-refractivity contribution < 1.29 is 0 Å². The molecule has 2 aliphatic rings. The van der Waals surface area contributed by atoms with Gasteiger partial charge in [-0.3, -0.25) is 4.90 Å². The Morgan fingerprint density at radius 2 is 2.14 bits per heavy atom. The second-order valence-corrected chi connectivity index (χ2v) is 3.07. The van der Waals surface area contributed by atoms with Crippen molar-refractivity contribution in [2.75, 3.05) is 18.8 Å². The average molecular weight is 114 g/mol. The highest BCUT2D eigenvalue weighted by Crippen LogP contribution is 2.44. The predicted octanol–water partition coefficient (Wildman–Crippen LogP) is 0.928. The van der Waals surface area contributed by atoms with Gasteiger partial charge in [0.05, 0.1) is 0 Å². The van der Waals surface area contributed by atoms with Crippen LogP contribution in [0.3, 0.4) is 0 Å². The monoisotopic (exact) mass is 114 g/mol. The molecule has 0 aliphatic carbocycles. The zero-order valence-corrected chi connectivity index (χ0v) is 5.00. The van der Waals surface area contributed by atoms with Crippen molar-refractivity contribution >= 4 is 11.8 Å². The molecule has 2 rings (SSSR count). The maximum absolute atomic E-state index is 2.46. The highest BCUT2D eigenvalue weighted by atomic mass is 32.2. The van der Waals surface area contributed by atoms with Gasteiger partial charge in [-0.05, 0) is 6.42 Å². The van der Waals surface area contributed by atoms with Gasteiger partial charge in [0.15, 0.2) is 0 Å². The molecular weight excluding hydrogens is 106 g/mol. The first-order valence-corrected chi connectivity index (χ1v) is 3.69. The lowest BCUT2D eigenvalue weighted by Gasteiger charge is -2.28. The first-order valence-electron chi connectivity index (χ1n) is 2.70. The normalized spacial score (nSPS) is 32.6. The largest absolute Gasteiger partial charge is 0.286 e. The maximum Gasteiger partial charge on any atom is 0.105 e. The van der Waals surface area contributed by atoms with Crippen LogP contribution in [0.1, 0.15) is 6.42 Å². The van der Waals surface area contributed by atoms with Crippen LogP contribution in [0.15, 0.2) is 0 Å². The van der Waals surface area contributed by atoms with Crippen LogP contribution in [0.2, 0.25) is 0 Å². The van der Waals surface area contributed by atoms with Gasteiger partial charge in [0.25, 0.3) is 0 Å². The lowest BCUT2D eigenvalue weighted by atomic mass is 10.2. The summed E-state index contributed by atoms with van der Waals surface area (Å²) < 4.78 is 0. The topological polar surface area (TPSA) is 3.24 Å².